The van der Waals surface area contributed by atoms with Crippen LogP contribution >= 0.6 is 0 Å². The van der Waals surface area contributed by atoms with Crippen molar-refractivity contribution >= 4 is 17.5 Å². The molecule has 5 rings (SSSR count). The van der Waals surface area contributed by atoms with Crippen LogP contribution in [-0.2, 0) is 17.8 Å². The number of rotatable bonds is 5. The number of ether oxygens (including phenoxy) is 1. The summed E-state index contributed by atoms with van der Waals surface area (Å²) in [6.45, 7) is 2.23. The molecule has 0 bridgehead atoms. The van der Waals surface area contributed by atoms with Crippen molar-refractivity contribution in [3.8, 4) is 5.88 Å². The average Bonchev–Trinajstić information content (AvgIpc) is 3.53. The highest BCUT2D eigenvalue weighted by atomic mass is 16.5. The lowest BCUT2D eigenvalue weighted by atomic mass is 10.00. The number of amides is 2. The second-order valence-corrected chi connectivity index (χ2v) is 8.12. The van der Waals surface area contributed by atoms with Crippen molar-refractivity contribution in [2.24, 2.45) is 0 Å². The summed E-state index contributed by atoms with van der Waals surface area (Å²) in [6, 6.07) is 9.76. The fourth-order valence-electron chi connectivity index (χ4n) is 3.94. The van der Waals surface area contributed by atoms with Gasteiger partial charge in [-0.15, -0.1) is 10.2 Å². The predicted molar refractivity (Wildman–Crippen MR) is 107 cm³/mol. The first-order valence-electron chi connectivity index (χ1n) is 10.2. The molecule has 1 spiro atoms. The summed E-state index contributed by atoms with van der Waals surface area (Å²) in [5.74, 6) is -0.448. The lowest BCUT2D eigenvalue weighted by Crippen LogP contribution is -2.42. The molecule has 1 atom stereocenters. The maximum Gasteiger partial charge on any atom is 0.271 e. The number of carbonyl (C=O) groups excluding carboxylic acids is 2. The van der Waals surface area contributed by atoms with E-state index in [9.17, 15) is 14.7 Å². The van der Waals surface area contributed by atoms with Crippen LogP contribution in [0.5, 0.6) is 5.88 Å². The highest BCUT2D eigenvalue weighted by Gasteiger charge is 2.56. The standard InChI is InChI=1S/C21H23N5O4/c27-15(12-26-8-5-13-3-1-2-4-14(13)11-26)10-22-18(28)16-9-17-19(25-24-16)30-21(6-7-21)20(29)23-17/h1-4,9,15,27H,5-8,10-12H2,(H,22,28)(H,23,29)/t15-/m0/s1. The Hall–Kier alpha value is -3.04. The summed E-state index contributed by atoms with van der Waals surface area (Å²) < 4.78 is 5.62. The number of aromatic nitrogens is 2. The Balaban J connectivity index is 1.15. The molecule has 9 nitrogen and oxygen atoms in total. The van der Waals surface area contributed by atoms with Crippen LogP contribution < -0.4 is 15.4 Å². The first-order valence-corrected chi connectivity index (χ1v) is 10.2. The second kappa shape index (κ2) is 7.33. The van der Waals surface area contributed by atoms with Crippen molar-refractivity contribution in [2.75, 3.05) is 25.0 Å². The van der Waals surface area contributed by atoms with Crippen LogP contribution in [0.1, 0.15) is 34.5 Å². The molecule has 1 aromatic heterocycles. The van der Waals surface area contributed by atoms with E-state index in [0.29, 0.717) is 25.1 Å². The third kappa shape index (κ3) is 3.61. The summed E-state index contributed by atoms with van der Waals surface area (Å²) in [4.78, 5) is 26.7. The van der Waals surface area contributed by atoms with E-state index < -0.39 is 17.6 Å². The Bertz CT molecular complexity index is 1010. The lowest BCUT2D eigenvalue weighted by Gasteiger charge is -2.30. The van der Waals surface area contributed by atoms with Crippen LogP contribution in [0.4, 0.5) is 5.69 Å². The van der Waals surface area contributed by atoms with Crippen LogP contribution in [-0.4, -0.2) is 63.4 Å². The van der Waals surface area contributed by atoms with Gasteiger partial charge >= 0.3 is 0 Å². The van der Waals surface area contributed by atoms with Gasteiger partial charge < -0.3 is 20.5 Å². The Kier molecular flexibility index (Phi) is 4.63. The highest BCUT2D eigenvalue weighted by Crippen LogP contribution is 2.45. The molecule has 1 saturated carbocycles. The van der Waals surface area contributed by atoms with E-state index in [2.05, 4.69) is 37.9 Å². The lowest BCUT2D eigenvalue weighted by molar-refractivity contribution is -0.125. The van der Waals surface area contributed by atoms with Crippen LogP contribution in [0.25, 0.3) is 0 Å². The highest BCUT2D eigenvalue weighted by molar-refractivity contribution is 6.03. The van der Waals surface area contributed by atoms with Crippen molar-refractivity contribution in [2.45, 2.75) is 37.5 Å². The van der Waals surface area contributed by atoms with Gasteiger partial charge in [-0.05, 0) is 17.5 Å². The fraction of sp³-hybridized carbons (Fsp3) is 0.429. The number of hydrogen-bond acceptors (Lipinski definition) is 7. The van der Waals surface area contributed by atoms with Gasteiger partial charge in [-0.2, -0.15) is 0 Å². The number of anilines is 1. The number of hydrogen-bond donors (Lipinski definition) is 3. The minimum absolute atomic E-state index is 0.0588. The van der Waals surface area contributed by atoms with E-state index in [-0.39, 0.29) is 24.0 Å². The SMILES string of the molecule is O=C(NC[C@H](O)CN1CCc2ccccc2C1)c1cc2c(nn1)OC1(CC1)C(=O)N2. The smallest absolute Gasteiger partial charge is 0.271 e. The fourth-order valence-corrected chi connectivity index (χ4v) is 3.94. The number of benzene rings is 1. The summed E-state index contributed by atoms with van der Waals surface area (Å²) in [5, 5.41) is 23.6. The summed E-state index contributed by atoms with van der Waals surface area (Å²) in [7, 11) is 0. The number of β-amino-alcohol motifs (C(OH)–C–C–N with tert-alkyl or cyclic N) is 1. The van der Waals surface area contributed by atoms with Gasteiger partial charge in [0.2, 0.25) is 0 Å². The van der Waals surface area contributed by atoms with Gasteiger partial charge in [0.15, 0.2) is 11.3 Å². The monoisotopic (exact) mass is 409 g/mol. The zero-order valence-electron chi connectivity index (χ0n) is 16.4. The van der Waals surface area contributed by atoms with Crippen molar-refractivity contribution in [3.63, 3.8) is 0 Å². The molecule has 0 unspecified atom stereocenters. The molecule has 0 radical (unpaired) electrons. The van der Waals surface area contributed by atoms with E-state index in [1.807, 2.05) is 12.1 Å². The van der Waals surface area contributed by atoms with E-state index in [1.165, 1.54) is 17.2 Å². The van der Waals surface area contributed by atoms with Crippen LogP contribution in [0.2, 0.25) is 0 Å². The molecule has 3 N–H and O–H groups in total. The molecular weight excluding hydrogens is 386 g/mol. The molecule has 1 aromatic carbocycles. The van der Waals surface area contributed by atoms with Crippen molar-refractivity contribution < 1.29 is 19.4 Å². The average molecular weight is 409 g/mol. The van der Waals surface area contributed by atoms with Crippen LogP contribution in [0.15, 0.2) is 30.3 Å². The van der Waals surface area contributed by atoms with Crippen molar-refractivity contribution in [1.82, 2.24) is 20.4 Å². The van der Waals surface area contributed by atoms with Gasteiger partial charge in [0.05, 0.1) is 6.10 Å². The molecule has 2 amide bonds. The Labute approximate surface area is 173 Å². The molecule has 30 heavy (non-hydrogen) atoms. The first kappa shape index (κ1) is 19.0. The predicted octanol–water partition coefficient (Wildman–Crippen LogP) is 0.489. The minimum Gasteiger partial charge on any atom is -0.458 e. The Morgan fingerprint density at radius 1 is 1.30 bits per heavy atom. The van der Waals surface area contributed by atoms with Crippen LogP contribution in [0, 0.1) is 0 Å². The van der Waals surface area contributed by atoms with E-state index in [1.54, 1.807) is 0 Å². The number of nitrogens with zero attached hydrogens (tertiary/aromatic N) is 3. The largest absolute Gasteiger partial charge is 0.458 e. The summed E-state index contributed by atoms with van der Waals surface area (Å²) in [6.07, 6.45) is 1.56. The normalized spacial score (nSPS) is 19.8. The van der Waals surface area contributed by atoms with Gasteiger partial charge in [0.25, 0.3) is 17.7 Å². The summed E-state index contributed by atoms with van der Waals surface area (Å²) in [5.41, 5.74) is 2.23. The zero-order valence-corrected chi connectivity index (χ0v) is 16.4. The maximum absolute atomic E-state index is 12.4. The van der Waals surface area contributed by atoms with Gasteiger partial charge in [-0.3, -0.25) is 14.5 Å². The number of nitrogens with one attached hydrogen (secondary N) is 2. The second-order valence-electron chi connectivity index (χ2n) is 8.12. The molecule has 1 fully saturated rings. The number of carbonyl (C=O) groups is 2. The van der Waals surface area contributed by atoms with Gasteiger partial charge in [0, 0.05) is 45.1 Å². The third-order valence-electron chi connectivity index (χ3n) is 5.83. The molecule has 2 aromatic rings. The van der Waals surface area contributed by atoms with E-state index >= 15 is 0 Å². The first-order chi connectivity index (χ1) is 14.5. The van der Waals surface area contributed by atoms with Crippen molar-refractivity contribution in [3.05, 3.63) is 47.2 Å². The molecule has 1 aliphatic carbocycles. The van der Waals surface area contributed by atoms with E-state index in [0.717, 1.165) is 19.5 Å². The molecule has 2 aliphatic heterocycles. The van der Waals surface area contributed by atoms with Gasteiger partial charge in [-0.25, -0.2) is 0 Å². The van der Waals surface area contributed by atoms with Crippen molar-refractivity contribution in [1.29, 1.82) is 0 Å². The number of aliphatic hydroxyl groups is 1. The zero-order chi connectivity index (χ0) is 20.7. The molecule has 3 aliphatic rings. The number of fused-ring (bicyclic) bond motifs is 2. The molecule has 156 valence electrons. The Morgan fingerprint density at radius 3 is 2.90 bits per heavy atom. The third-order valence-corrected chi connectivity index (χ3v) is 5.83. The van der Waals surface area contributed by atoms with Gasteiger partial charge in [0.1, 0.15) is 5.69 Å². The molecular formula is C21H23N5O4. The maximum atomic E-state index is 12.4. The van der Waals surface area contributed by atoms with E-state index in [4.69, 9.17) is 4.74 Å². The van der Waals surface area contributed by atoms with Crippen LogP contribution in [0.3, 0.4) is 0 Å². The Morgan fingerprint density at radius 2 is 2.10 bits per heavy atom. The topological polar surface area (TPSA) is 117 Å². The minimum atomic E-state index is -0.801. The quantitative estimate of drug-likeness (QED) is 0.658. The molecule has 0 saturated heterocycles. The number of aliphatic hydroxyl groups excluding tert-OH is 1. The summed E-state index contributed by atoms with van der Waals surface area (Å²) >= 11 is 0. The molecule has 9 heteroatoms. The molecule has 3 heterocycles. The van der Waals surface area contributed by atoms with Gasteiger partial charge in [-0.1, -0.05) is 24.3 Å².